The Morgan fingerprint density at radius 2 is 1.16 bits per heavy atom. The maximum atomic E-state index is 11.4. The average molecular weight is 274 g/mol. The van der Waals surface area contributed by atoms with E-state index in [1.165, 1.54) is 0 Å². The molecule has 0 saturated carbocycles. The lowest BCUT2D eigenvalue weighted by atomic mass is 10.1. The fourth-order valence-electron chi connectivity index (χ4n) is 1.91. The summed E-state index contributed by atoms with van der Waals surface area (Å²) in [5, 5.41) is 17.2. The van der Waals surface area contributed by atoms with E-state index >= 15 is 0 Å². The zero-order chi connectivity index (χ0) is 14.2. The fraction of sp³-hybridized carbons (Fsp3) is 0.933. The first kappa shape index (κ1) is 18.4. The van der Waals surface area contributed by atoms with Gasteiger partial charge in [0.15, 0.2) is 0 Å². The summed E-state index contributed by atoms with van der Waals surface area (Å²) in [6.45, 7) is 1.06. The lowest BCUT2D eigenvalue weighted by Gasteiger charge is -2.05. The smallest absolute Gasteiger partial charge is 0.305 e. The Balaban J connectivity index is 3.12. The molecular weight excluding hydrogens is 244 g/mol. The summed E-state index contributed by atoms with van der Waals surface area (Å²) in [4.78, 5) is 11.4. The minimum atomic E-state index is -0.0933. The van der Waals surface area contributed by atoms with Crippen LogP contribution in [-0.2, 0) is 9.53 Å². The lowest BCUT2D eigenvalue weighted by molar-refractivity contribution is -0.143. The minimum absolute atomic E-state index is 0.0933. The maximum absolute atomic E-state index is 11.4. The normalized spacial score (nSPS) is 10.6. The van der Waals surface area contributed by atoms with Gasteiger partial charge in [0.2, 0.25) is 0 Å². The van der Waals surface area contributed by atoms with Gasteiger partial charge in [-0.1, -0.05) is 38.5 Å². The summed E-state index contributed by atoms with van der Waals surface area (Å²) in [6.07, 6.45) is 10.5. The number of aliphatic hydroxyl groups excluding tert-OH is 2. The van der Waals surface area contributed by atoms with Gasteiger partial charge in [0.1, 0.15) is 0 Å². The number of esters is 1. The molecule has 0 radical (unpaired) electrons. The van der Waals surface area contributed by atoms with Crippen LogP contribution in [0.2, 0.25) is 0 Å². The highest BCUT2D eigenvalue weighted by Crippen LogP contribution is 2.07. The Morgan fingerprint density at radius 3 is 1.74 bits per heavy atom. The van der Waals surface area contributed by atoms with Gasteiger partial charge >= 0.3 is 5.97 Å². The molecule has 0 heterocycles. The van der Waals surface area contributed by atoms with Gasteiger partial charge in [-0.3, -0.25) is 4.79 Å². The van der Waals surface area contributed by atoms with Gasteiger partial charge in [-0.25, -0.2) is 0 Å². The Bertz CT molecular complexity index is 195. The first-order valence-corrected chi connectivity index (χ1v) is 7.68. The van der Waals surface area contributed by atoms with E-state index in [1.54, 1.807) is 0 Å². The van der Waals surface area contributed by atoms with Crippen molar-refractivity contribution in [2.45, 2.75) is 70.6 Å². The van der Waals surface area contributed by atoms with E-state index in [-0.39, 0.29) is 19.2 Å². The van der Waals surface area contributed by atoms with Crippen LogP contribution in [0.5, 0.6) is 0 Å². The Hall–Kier alpha value is -0.610. The molecule has 0 aromatic rings. The molecule has 0 spiro atoms. The van der Waals surface area contributed by atoms with E-state index in [0.717, 1.165) is 64.2 Å². The first-order chi connectivity index (χ1) is 9.31. The third-order valence-electron chi connectivity index (χ3n) is 3.10. The second kappa shape index (κ2) is 15.4. The van der Waals surface area contributed by atoms with Crippen LogP contribution in [0.4, 0.5) is 0 Å². The maximum Gasteiger partial charge on any atom is 0.305 e. The third-order valence-corrected chi connectivity index (χ3v) is 3.10. The Morgan fingerprint density at radius 1 is 0.684 bits per heavy atom. The molecule has 0 aliphatic rings. The second-order valence-corrected chi connectivity index (χ2v) is 4.95. The quantitative estimate of drug-likeness (QED) is 0.377. The van der Waals surface area contributed by atoms with Crippen molar-refractivity contribution in [2.75, 3.05) is 19.8 Å². The topological polar surface area (TPSA) is 66.8 Å². The molecule has 19 heavy (non-hydrogen) atoms. The van der Waals surface area contributed by atoms with Crippen molar-refractivity contribution in [3.63, 3.8) is 0 Å². The van der Waals surface area contributed by atoms with Gasteiger partial charge in [-0.15, -0.1) is 0 Å². The van der Waals surface area contributed by atoms with Crippen LogP contribution in [0.25, 0.3) is 0 Å². The molecule has 0 unspecified atom stereocenters. The molecule has 2 N–H and O–H groups in total. The molecule has 4 heteroatoms. The standard InChI is InChI=1S/C15H30O4/c16-12-8-4-1-2-6-10-14-19-15(18)11-7-3-5-9-13-17/h16-17H,1-14H2. The molecule has 0 rings (SSSR count). The van der Waals surface area contributed by atoms with Gasteiger partial charge < -0.3 is 14.9 Å². The molecule has 4 nitrogen and oxygen atoms in total. The van der Waals surface area contributed by atoms with E-state index in [4.69, 9.17) is 14.9 Å². The van der Waals surface area contributed by atoms with Crippen LogP contribution in [0.1, 0.15) is 70.6 Å². The molecular formula is C15H30O4. The molecule has 0 atom stereocenters. The van der Waals surface area contributed by atoms with E-state index in [2.05, 4.69) is 0 Å². The largest absolute Gasteiger partial charge is 0.466 e. The van der Waals surface area contributed by atoms with Crippen LogP contribution < -0.4 is 0 Å². The molecule has 0 aliphatic heterocycles. The highest BCUT2D eigenvalue weighted by atomic mass is 16.5. The summed E-state index contributed by atoms with van der Waals surface area (Å²) in [5.74, 6) is -0.0933. The number of hydrogen-bond donors (Lipinski definition) is 2. The van der Waals surface area contributed by atoms with Crippen molar-refractivity contribution in [3.8, 4) is 0 Å². The Labute approximate surface area is 117 Å². The first-order valence-electron chi connectivity index (χ1n) is 7.68. The SMILES string of the molecule is O=C(CCCCCCO)OCCCCCCCCO. The van der Waals surface area contributed by atoms with Crippen molar-refractivity contribution in [1.29, 1.82) is 0 Å². The van der Waals surface area contributed by atoms with Crippen LogP contribution in [0, 0.1) is 0 Å². The van der Waals surface area contributed by atoms with Crippen molar-refractivity contribution >= 4 is 5.97 Å². The van der Waals surface area contributed by atoms with Crippen LogP contribution >= 0.6 is 0 Å². The van der Waals surface area contributed by atoms with E-state index in [0.29, 0.717) is 13.0 Å². The molecule has 0 fully saturated rings. The molecule has 0 saturated heterocycles. The molecule has 0 aliphatic carbocycles. The highest BCUT2D eigenvalue weighted by molar-refractivity contribution is 5.69. The number of hydrogen-bond acceptors (Lipinski definition) is 4. The number of rotatable bonds is 14. The van der Waals surface area contributed by atoms with Crippen LogP contribution in [-0.4, -0.2) is 36.0 Å². The monoisotopic (exact) mass is 274 g/mol. The van der Waals surface area contributed by atoms with E-state index in [9.17, 15) is 4.79 Å². The predicted octanol–water partition coefficient (Wildman–Crippen LogP) is 2.81. The predicted molar refractivity (Wildman–Crippen MR) is 75.9 cm³/mol. The van der Waals surface area contributed by atoms with E-state index < -0.39 is 0 Å². The van der Waals surface area contributed by atoms with Gasteiger partial charge in [-0.2, -0.15) is 0 Å². The molecule has 0 aromatic carbocycles. The van der Waals surface area contributed by atoms with Gasteiger partial charge in [-0.05, 0) is 25.7 Å². The lowest BCUT2D eigenvalue weighted by Crippen LogP contribution is -2.05. The zero-order valence-corrected chi connectivity index (χ0v) is 12.1. The van der Waals surface area contributed by atoms with Gasteiger partial charge in [0.05, 0.1) is 6.61 Å². The fourth-order valence-corrected chi connectivity index (χ4v) is 1.91. The van der Waals surface area contributed by atoms with Gasteiger partial charge in [0, 0.05) is 19.6 Å². The van der Waals surface area contributed by atoms with Gasteiger partial charge in [0.25, 0.3) is 0 Å². The van der Waals surface area contributed by atoms with Crippen LogP contribution in [0.3, 0.4) is 0 Å². The third kappa shape index (κ3) is 15.3. The van der Waals surface area contributed by atoms with Crippen molar-refractivity contribution in [3.05, 3.63) is 0 Å². The highest BCUT2D eigenvalue weighted by Gasteiger charge is 2.02. The summed E-state index contributed by atoms with van der Waals surface area (Å²) >= 11 is 0. The molecule has 0 bridgehead atoms. The average Bonchev–Trinajstić information content (AvgIpc) is 2.41. The van der Waals surface area contributed by atoms with Crippen molar-refractivity contribution < 1.29 is 19.7 Å². The van der Waals surface area contributed by atoms with E-state index in [1.807, 2.05) is 0 Å². The number of carbonyl (C=O) groups excluding carboxylic acids is 1. The second-order valence-electron chi connectivity index (χ2n) is 4.95. The number of unbranched alkanes of at least 4 members (excludes halogenated alkanes) is 8. The summed E-state index contributed by atoms with van der Waals surface area (Å²) < 4.78 is 5.15. The Kier molecular flexibility index (Phi) is 15.0. The van der Waals surface area contributed by atoms with Crippen molar-refractivity contribution in [1.82, 2.24) is 0 Å². The molecule has 114 valence electrons. The summed E-state index contributed by atoms with van der Waals surface area (Å²) in [5.41, 5.74) is 0. The number of carbonyl (C=O) groups is 1. The summed E-state index contributed by atoms with van der Waals surface area (Å²) in [6, 6.07) is 0. The van der Waals surface area contributed by atoms with Crippen LogP contribution in [0.15, 0.2) is 0 Å². The number of ether oxygens (including phenoxy) is 1. The summed E-state index contributed by atoms with van der Waals surface area (Å²) in [7, 11) is 0. The molecule has 0 amide bonds. The zero-order valence-electron chi connectivity index (χ0n) is 12.1. The molecule has 0 aromatic heterocycles. The minimum Gasteiger partial charge on any atom is -0.466 e. The number of aliphatic hydroxyl groups is 2. The van der Waals surface area contributed by atoms with Crippen molar-refractivity contribution in [2.24, 2.45) is 0 Å².